The van der Waals surface area contributed by atoms with Gasteiger partial charge in [-0.1, -0.05) is 44.2 Å². The van der Waals surface area contributed by atoms with Gasteiger partial charge in [-0.3, -0.25) is 9.59 Å². The molecule has 1 fully saturated rings. The zero-order chi connectivity index (χ0) is 14.5. The van der Waals surface area contributed by atoms with Gasteiger partial charge in [0.05, 0.1) is 7.11 Å². The molecule has 3 nitrogen and oxygen atoms in total. The van der Waals surface area contributed by atoms with Crippen molar-refractivity contribution in [3.05, 3.63) is 47.7 Å². The zero-order valence-corrected chi connectivity index (χ0v) is 11.9. The lowest BCUT2D eigenvalue weighted by Gasteiger charge is -2.58. The number of Topliss-reactive ketones (excluding diaryl/α,β-unsaturated/α-hetero) is 1. The Balaban J connectivity index is 2.06. The summed E-state index contributed by atoms with van der Waals surface area (Å²) in [6, 6.07) is 9.99. The first-order valence-electron chi connectivity index (χ1n) is 6.91. The van der Waals surface area contributed by atoms with Gasteiger partial charge in [0, 0.05) is 23.3 Å². The lowest BCUT2D eigenvalue weighted by molar-refractivity contribution is -0.158. The highest BCUT2D eigenvalue weighted by molar-refractivity contribution is 6.13. The van der Waals surface area contributed by atoms with Gasteiger partial charge in [0.2, 0.25) is 5.78 Å². The van der Waals surface area contributed by atoms with Crippen molar-refractivity contribution in [2.45, 2.75) is 19.8 Å². The summed E-state index contributed by atoms with van der Waals surface area (Å²) in [6.45, 7) is 3.96. The molecule has 2 aliphatic rings. The van der Waals surface area contributed by atoms with Crippen LogP contribution in [0.4, 0.5) is 0 Å². The Hall–Kier alpha value is -1.90. The molecule has 0 amide bonds. The molecule has 4 atom stereocenters. The highest BCUT2D eigenvalue weighted by Gasteiger charge is 2.65. The number of benzene rings is 1. The monoisotopic (exact) mass is 270 g/mol. The van der Waals surface area contributed by atoms with Crippen LogP contribution in [0.3, 0.4) is 0 Å². The predicted molar refractivity (Wildman–Crippen MR) is 75.1 cm³/mol. The summed E-state index contributed by atoms with van der Waals surface area (Å²) in [4.78, 5) is 24.9. The van der Waals surface area contributed by atoms with E-state index in [-0.39, 0.29) is 35.1 Å². The van der Waals surface area contributed by atoms with Gasteiger partial charge in [0.15, 0.2) is 11.5 Å². The maximum absolute atomic E-state index is 12.5. The number of allylic oxidation sites excluding steroid dienone is 2. The predicted octanol–water partition coefficient (Wildman–Crippen LogP) is 2.72. The summed E-state index contributed by atoms with van der Waals surface area (Å²) >= 11 is 0. The van der Waals surface area contributed by atoms with Crippen LogP contribution in [0, 0.1) is 17.3 Å². The van der Waals surface area contributed by atoms with Crippen LogP contribution in [0.25, 0.3) is 0 Å². The molecule has 1 saturated carbocycles. The fourth-order valence-corrected chi connectivity index (χ4v) is 4.15. The minimum Gasteiger partial charge on any atom is -0.493 e. The lowest BCUT2D eigenvalue weighted by atomic mass is 9.42. The van der Waals surface area contributed by atoms with Crippen LogP contribution < -0.4 is 0 Å². The largest absolute Gasteiger partial charge is 0.493 e. The van der Waals surface area contributed by atoms with E-state index in [0.29, 0.717) is 0 Å². The normalized spacial score (nSPS) is 36.0. The number of ketones is 2. The van der Waals surface area contributed by atoms with Crippen LogP contribution in [0.2, 0.25) is 0 Å². The first-order valence-corrected chi connectivity index (χ1v) is 6.91. The molecule has 0 unspecified atom stereocenters. The number of carbonyl (C=O) groups is 2. The van der Waals surface area contributed by atoms with Gasteiger partial charge in [0.25, 0.3) is 0 Å². The highest BCUT2D eigenvalue weighted by atomic mass is 16.5. The maximum atomic E-state index is 12.5. The molecule has 1 aromatic rings. The van der Waals surface area contributed by atoms with Gasteiger partial charge >= 0.3 is 0 Å². The molecule has 3 heteroatoms. The third-order valence-electron chi connectivity index (χ3n) is 5.04. The van der Waals surface area contributed by atoms with Crippen LogP contribution >= 0.6 is 0 Å². The quantitative estimate of drug-likeness (QED) is 0.830. The van der Waals surface area contributed by atoms with Gasteiger partial charge in [0.1, 0.15) is 0 Å². The first-order chi connectivity index (χ1) is 9.51. The van der Waals surface area contributed by atoms with Crippen molar-refractivity contribution in [3.8, 4) is 0 Å². The standard InChI is InChI=1S/C17H18O3/c1-10-14(11-7-5-4-6-8-11)17(2)13(18)9-12(20-3)16(19)15(10)17/h4-10,14-15H,1-3H3/t10-,14-,15-,17-/m0/s1. The molecule has 1 aromatic carbocycles. The number of ether oxygens (including phenoxy) is 1. The van der Waals surface area contributed by atoms with Crippen LogP contribution in [0.5, 0.6) is 0 Å². The van der Waals surface area contributed by atoms with E-state index in [9.17, 15) is 9.59 Å². The Morgan fingerprint density at radius 2 is 1.75 bits per heavy atom. The molecule has 104 valence electrons. The smallest absolute Gasteiger partial charge is 0.201 e. The van der Waals surface area contributed by atoms with Crippen molar-refractivity contribution in [3.63, 3.8) is 0 Å². The fourth-order valence-electron chi connectivity index (χ4n) is 4.15. The Morgan fingerprint density at radius 3 is 2.35 bits per heavy atom. The lowest BCUT2D eigenvalue weighted by Crippen LogP contribution is -2.61. The second-order valence-corrected chi connectivity index (χ2v) is 5.95. The van der Waals surface area contributed by atoms with E-state index in [2.05, 4.69) is 0 Å². The molecular formula is C17H18O3. The number of fused-ring (bicyclic) bond motifs is 1. The third-order valence-corrected chi connectivity index (χ3v) is 5.04. The molecule has 0 aliphatic heterocycles. The summed E-state index contributed by atoms with van der Waals surface area (Å²) in [6.07, 6.45) is 1.38. The van der Waals surface area contributed by atoms with E-state index in [1.807, 2.05) is 44.2 Å². The Morgan fingerprint density at radius 1 is 1.10 bits per heavy atom. The summed E-state index contributed by atoms with van der Waals surface area (Å²) < 4.78 is 5.05. The van der Waals surface area contributed by atoms with Crippen LogP contribution in [0.15, 0.2) is 42.2 Å². The van der Waals surface area contributed by atoms with Gasteiger partial charge < -0.3 is 4.74 Å². The summed E-state index contributed by atoms with van der Waals surface area (Å²) in [5.74, 6) is 0.161. The molecule has 0 saturated heterocycles. The van der Waals surface area contributed by atoms with Crippen molar-refractivity contribution in [2.75, 3.05) is 7.11 Å². The topological polar surface area (TPSA) is 43.4 Å². The molecule has 20 heavy (non-hydrogen) atoms. The maximum Gasteiger partial charge on any atom is 0.201 e. The molecule has 0 bridgehead atoms. The van der Waals surface area contributed by atoms with Gasteiger partial charge in [-0.15, -0.1) is 0 Å². The molecule has 2 aliphatic carbocycles. The van der Waals surface area contributed by atoms with E-state index in [1.54, 1.807) is 0 Å². The first kappa shape index (κ1) is 13.1. The SMILES string of the molecule is COC1=CC(=O)[C@]2(C)[C@H](C1=O)[C@@H](C)[C@H]2c1ccccc1. The summed E-state index contributed by atoms with van der Waals surface area (Å²) in [5.41, 5.74) is 0.508. The molecule has 3 rings (SSSR count). The van der Waals surface area contributed by atoms with Crippen molar-refractivity contribution in [1.82, 2.24) is 0 Å². The summed E-state index contributed by atoms with van der Waals surface area (Å²) in [7, 11) is 1.44. The Kier molecular flexibility index (Phi) is 2.82. The van der Waals surface area contributed by atoms with Gasteiger partial charge in [-0.05, 0) is 11.5 Å². The number of hydrogen-bond acceptors (Lipinski definition) is 3. The highest BCUT2D eigenvalue weighted by Crippen LogP contribution is 2.63. The molecule has 0 spiro atoms. The number of carbonyl (C=O) groups excluding carboxylic acids is 2. The fraction of sp³-hybridized carbons (Fsp3) is 0.412. The van der Waals surface area contributed by atoms with Gasteiger partial charge in [-0.25, -0.2) is 0 Å². The second-order valence-electron chi connectivity index (χ2n) is 5.95. The number of rotatable bonds is 2. The molecular weight excluding hydrogens is 252 g/mol. The molecule has 0 radical (unpaired) electrons. The minimum absolute atomic E-state index is 0.00547. The second kappa shape index (κ2) is 4.30. The Bertz CT molecular complexity index is 602. The van der Waals surface area contributed by atoms with Crippen LogP contribution in [-0.4, -0.2) is 18.7 Å². The average molecular weight is 270 g/mol. The van der Waals surface area contributed by atoms with Crippen molar-refractivity contribution in [2.24, 2.45) is 17.3 Å². The van der Waals surface area contributed by atoms with Crippen molar-refractivity contribution in [1.29, 1.82) is 0 Å². The Labute approximate surface area is 118 Å². The molecule has 0 heterocycles. The van der Waals surface area contributed by atoms with Gasteiger partial charge in [-0.2, -0.15) is 0 Å². The zero-order valence-electron chi connectivity index (χ0n) is 11.9. The van der Waals surface area contributed by atoms with E-state index in [1.165, 1.54) is 13.2 Å². The van der Waals surface area contributed by atoms with Crippen LogP contribution in [-0.2, 0) is 14.3 Å². The van der Waals surface area contributed by atoms with E-state index in [0.717, 1.165) is 5.56 Å². The van der Waals surface area contributed by atoms with E-state index < -0.39 is 5.41 Å². The molecule has 0 aromatic heterocycles. The third kappa shape index (κ3) is 1.46. The van der Waals surface area contributed by atoms with Crippen LogP contribution in [0.1, 0.15) is 25.3 Å². The van der Waals surface area contributed by atoms with E-state index in [4.69, 9.17) is 4.74 Å². The van der Waals surface area contributed by atoms with Crippen molar-refractivity contribution < 1.29 is 14.3 Å². The average Bonchev–Trinajstić information content (AvgIpc) is 2.44. The molecule has 0 N–H and O–H groups in total. The minimum atomic E-state index is -0.625. The number of methoxy groups -OCH3 is 1. The van der Waals surface area contributed by atoms with Crippen molar-refractivity contribution >= 4 is 11.6 Å². The number of hydrogen-bond donors (Lipinski definition) is 0. The van der Waals surface area contributed by atoms with E-state index >= 15 is 0 Å². The summed E-state index contributed by atoms with van der Waals surface area (Å²) in [5, 5.41) is 0.